The van der Waals surface area contributed by atoms with E-state index >= 15 is 0 Å². The van der Waals surface area contributed by atoms with Crippen LogP contribution in [0.1, 0.15) is 64.8 Å². The van der Waals surface area contributed by atoms with Gasteiger partial charge in [-0.15, -0.1) is 11.3 Å². The Labute approximate surface area is 227 Å². The first-order chi connectivity index (χ1) is 18.2. The number of benzene rings is 2. The third-order valence-corrected chi connectivity index (χ3v) is 9.27. The number of para-hydroxylation sites is 1. The molecule has 1 unspecified atom stereocenters. The smallest absolute Gasteiger partial charge is 0.257 e. The third kappa shape index (κ3) is 4.78. The SMILES string of the molecule is CCC(C)(C)C1CCc2c(sc(NC(=O)c3cc(-c4ccc(OC)cc4)nc4ccccc34)c2C(N)=O)C1. The first kappa shape index (κ1) is 25.9. The molecule has 0 saturated carbocycles. The molecule has 7 heteroatoms. The zero-order chi connectivity index (χ0) is 27.0. The molecule has 1 atom stereocenters. The molecule has 0 aliphatic heterocycles. The second-order valence-electron chi connectivity index (χ2n) is 10.6. The van der Waals surface area contributed by atoms with Crippen molar-refractivity contribution in [1.82, 2.24) is 4.98 Å². The zero-order valence-electron chi connectivity index (χ0n) is 22.3. The Kier molecular flexibility index (Phi) is 6.97. The molecule has 0 bridgehead atoms. The number of nitrogens with zero attached hydrogens (tertiary/aromatic N) is 1. The second kappa shape index (κ2) is 10.2. The number of carbonyl (C=O) groups is 2. The highest BCUT2D eigenvalue weighted by Crippen LogP contribution is 2.45. The number of hydrogen-bond donors (Lipinski definition) is 2. The highest BCUT2D eigenvalue weighted by Gasteiger charge is 2.35. The van der Waals surface area contributed by atoms with Crippen molar-refractivity contribution in [3.63, 3.8) is 0 Å². The van der Waals surface area contributed by atoms with Crippen molar-refractivity contribution in [2.24, 2.45) is 17.1 Å². The van der Waals surface area contributed by atoms with Crippen molar-refractivity contribution in [3.8, 4) is 17.0 Å². The number of fused-ring (bicyclic) bond motifs is 2. The van der Waals surface area contributed by atoms with Gasteiger partial charge in [0.15, 0.2) is 0 Å². The molecule has 2 aromatic carbocycles. The predicted octanol–water partition coefficient (Wildman–Crippen LogP) is 6.86. The summed E-state index contributed by atoms with van der Waals surface area (Å²) in [5.74, 6) is 0.492. The van der Waals surface area contributed by atoms with E-state index in [1.54, 1.807) is 13.2 Å². The number of aromatic nitrogens is 1. The molecule has 3 N–H and O–H groups in total. The number of rotatable bonds is 7. The summed E-state index contributed by atoms with van der Waals surface area (Å²) in [5.41, 5.74) is 10.3. The highest BCUT2D eigenvalue weighted by atomic mass is 32.1. The van der Waals surface area contributed by atoms with Crippen molar-refractivity contribution < 1.29 is 14.3 Å². The number of primary amides is 1. The number of hydrogen-bond acceptors (Lipinski definition) is 5. The lowest BCUT2D eigenvalue weighted by Crippen LogP contribution is -2.29. The first-order valence-electron chi connectivity index (χ1n) is 13.0. The van der Waals surface area contributed by atoms with Crippen LogP contribution in [0.3, 0.4) is 0 Å². The molecule has 2 amide bonds. The molecule has 2 heterocycles. The number of thiophene rings is 1. The van der Waals surface area contributed by atoms with Crippen LogP contribution in [0.25, 0.3) is 22.2 Å². The molecule has 6 nitrogen and oxygen atoms in total. The number of carbonyl (C=O) groups excluding carboxylic acids is 2. The predicted molar refractivity (Wildman–Crippen MR) is 154 cm³/mol. The molecule has 5 rings (SSSR count). The molecule has 0 spiro atoms. The monoisotopic (exact) mass is 527 g/mol. The van der Waals surface area contributed by atoms with Gasteiger partial charge in [0.1, 0.15) is 10.8 Å². The minimum Gasteiger partial charge on any atom is -0.497 e. The van der Waals surface area contributed by atoms with Gasteiger partial charge in [-0.25, -0.2) is 4.98 Å². The molecule has 4 aromatic rings. The van der Waals surface area contributed by atoms with Gasteiger partial charge < -0.3 is 15.8 Å². The van der Waals surface area contributed by atoms with E-state index in [0.29, 0.717) is 27.7 Å². The summed E-state index contributed by atoms with van der Waals surface area (Å²) >= 11 is 1.49. The second-order valence-corrected chi connectivity index (χ2v) is 11.7. The van der Waals surface area contributed by atoms with Crippen molar-refractivity contribution in [2.45, 2.75) is 46.5 Å². The lowest BCUT2D eigenvalue weighted by atomic mass is 9.69. The van der Waals surface area contributed by atoms with Gasteiger partial charge in [0.05, 0.1) is 29.4 Å². The molecular formula is C31H33N3O3S. The molecule has 1 aliphatic rings. The van der Waals surface area contributed by atoms with Gasteiger partial charge in [-0.3, -0.25) is 9.59 Å². The van der Waals surface area contributed by atoms with Crippen molar-refractivity contribution >= 4 is 39.1 Å². The Morgan fingerprint density at radius 1 is 1.16 bits per heavy atom. The van der Waals surface area contributed by atoms with Crippen molar-refractivity contribution in [3.05, 3.63) is 76.2 Å². The molecule has 2 aromatic heterocycles. The van der Waals surface area contributed by atoms with Gasteiger partial charge in [-0.2, -0.15) is 0 Å². The maximum Gasteiger partial charge on any atom is 0.257 e. The number of nitrogens with one attached hydrogen (secondary N) is 1. The average molecular weight is 528 g/mol. The fourth-order valence-corrected chi connectivity index (χ4v) is 6.66. The van der Waals surface area contributed by atoms with E-state index in [2.05, 4.69) is 26.1 Å². The largest absolute Gasteiger partial charge is 0.497 e. The van der Waals surface area contributed by atoms with E-state index in [4.69, 9.17) is 15.5 Å². The van der Waals surface area contributed by atoms with Crippen LogP contribution >= 0.6 is 11.3 Å². The zero-order valence-corrected chi connectivity index (χ0v) is 23.1. The highest BCUT2D eigenvalue weighted by molar-refractivity contribution is 7.17. The number of pyridine rings is 1. The maximum atomic E-state index is 13.8. The van der Waals surface area contributed by atoms with Crippen molar-refractivity contribution in [1.29, 1.82) is 0 Å². The molecule has 0 fully saturated rings. The maximum absolute atomic E-state index is 13.8. The van der Waals surface area contributed by atoms with E-state index in [1.165, 1.54) is 11.3 Å². The summed E-state index contributed by atoms with van der Waals surface area (Å²) in [6.07, 6.45) is 3.80. The number of nitrogens with two attached hydrogens (primary N) is 1. The number of amides is 2. The summed E-state index contributed by atoms with van der Waals surface area (Å²) in [7, 11) is 1.62. The first-order valence-corrected chi connectivity index (χ1v) is 13.8. The molecule has 38 heavy (non-hydrogen) atoms. The van der Waals surface area contributed by atoms with E-state index < -0.39 is 5.91 Å². The Morgan fingerprint density at radius 2 is 1.89 bits per heavy atom. The Morgan fingerprint density at radius 3 is 2.58 bits per heavy atom. The third-order valence-electron chi connectivity index (χ3n) is 8.10. The van der Waals surface area contributed by atoms with Crippen LogP contribution in [0, 0.1) is 11.3 Å². The van der Waals surface area contributed by atoms with Crippen LogP contribution in [0.4, 0.5) is 5.00 Å². The van der Waals surface area contributed by atoms with Gasteiger partial charge in [0, 0.05) is 15.8 Å². The minimum absolute atomic E-state index is 0.214. The van der Waals surface area contributed by atoms with Crippen LogP contribution in [-0.4, -0.2) is 23.9 Å². The van der Waals surface area contributed by atoms with Gasteiger partial charge in [-0.05, 0) is 72.6 Å². The standard InChI is InChI=1S/C31H33N3O3S/c1-5-31(2,3)19-12-15-22-26(16-19)38-30(27(22)28(32)35)34-29(36)23-17-25(18-10-13-20(37-4)14-11-18)33-24-9-7-6-8-21(23)24/h6-11,13-14,17,19H,5,12,15-16H2,1-4H3,(H2,32,35)(H,34,36). The summed E-state index contributed by atoms with van der Waals surface area (Å²) in [6, 6.07) is 17.0. The molecular weight excluding hydrogens is 494 g/mol. The van der Waals surface area contributed by atoms with Crippen molar-refractivity contribution in [2.75, 3.05) is 12.4 Å². The molecule has 1 aliphatic carbocycles. The summed E-state index contributed by atoms with van der Waals surface area (Å²) in [4.78, 5) is 32.3. The van der Waals surface area contributed by atoms with Gasteiger partial charge in [0.2, 0.25) is 0 Å². The fraction of sp³-hybridized carbons (Fsp3) is 0.323. The van der Waals surface area contributed by atoms with E-state index in [0.717, 1.165) is 58.3 Å². The van der Waals surface area contributed by atoms with Gasteiger partial charge in [-0.1, -0.05) is 45.4 Å². The topological polar surface area (TPSA) is 94.3 Å². The summed E-state index contributed by atoms with van der Waals surface area (Å²) < 4.78 is 5.28. The Balaban J connectivity index is 1.53. The van der Waals surface area contributed by atoms with Crippen LogP contribution < -0.4 is 15.8 Å². The van der Waals surface area contributed by atoms with E-state index in [-0.39, 0.29) is 11.3 Å². The number of anilines is 1. The van der Waals surface area contributed by atoms with Crippen LogP contribution in [0.2, 0.25) is 0 Å². The summed E-state index contributed by atoms with van der Waals surface area (Å²) in [6.45, 7) is 6.84. The van der Waals surface area contributed by atoms with E-state index in [1.807, 2.05) is 48.5 Å². The van der Waals surface area contributed by atoms with Crippen LogP contribution in [-0.2, 0) is 12.8 Å². The summed E-state index contributed by atoms with van der Waals surface area (Å²) in [5, 5.41) is 4.33. The lowest BCUT2D eigenvalue weighted by molar-refractivity contribution is 0.0999. The van der Waals surface area contributed by atoms with Gasteiger partial charge in [0.25, 0.3) is 11.8 Å². The number of ether oxygens (including phenoxy) is 1. The normalized spacial score (nSPS) is 15.2. The number of methoxy groups -OCH3 is 1. The Hall–Kier alpha value is -3.71. The molecule has 0 saturated heterocycles. The minimum atomic E-state index is -0.496. The van der Waals surface area contributed by atoms with E-state index in [9.17, 15) is 9.59 Å². The lowest BCUT2D eigenvalue weighted by Gasteiger charge is -2.36. The van der Waals surface area contributed by atoms with Crippen LogP contribution in [0.15, 0.2) is 54.6 Å². The Bertz CT molecular complexity index is 1520. The molecule has 0 radical (unpaired) electrons. The average Bonchev–Trinajstić information content (AvgIpc) is 3.29. The molecule has 196 valence electrons. The quantitative estimate of drug-likeness (QED) is 0.274. The fourth-order valence-electron chi connectivity index (χ4n) is 5.33. The van der Waals surface area contributed by atoms with Gasteiger partial charge >= 0.3 is 0 Å². The van der Waals surface area contributed by atoms with Crippen LogP contribution in [0.5, 0.6) is 5.75 Å².